The van der Waals surface area contributed by atoms with Gasteiger partial charge in [0.05, 0.1) is 5.03 Å². The molecule has 0 bridgehead atoms. The molecule has 0 saturated heterocycles. The first-order chi connectivity index (χ1) is 13.4. The third-order valence-electron chi connectivity index (χ3n) is 8.13. The molecule has 1 N–H and O–H groups in total. The van der Waals surface area contributed by atoms with Crippen LogP contribution >= 0.6 is 11.6 Å². The van der Waals surface area contributed by atoms with Crippen molar-refractivity contribution in [2.75, 3.05) is 0 Å². The highest BCUT2D eigenvalue weighted by Gasteiger charge is 2.66. The lowest BCUT2D eigenvalue weighted by atomic mass is 9.47. The maximum atomic E-state index is 15.3. The van der Waals surface area contributed by atoms with Gasteiger partial charge in [-0.05, 0) is 47.7 Å². The molecule has 0 amide bonds. The summed E-state index contributed by atoms with van der Waals surface area (Å²) in [5.41, 5.74) is -1.49. The van der Waals surface area contributed by atoms with Crippen molar-refractivity contribution in [2.24, 2.45) is 40.4 Å². The second kappa shape index (κ2) is 6.34. The summed E-state index contributed by atoms with van der Waals surface area (Å²) in [5.74, 6) is -4.87. The van der Waals surface area contributed by atoms with E-state index in [0.717, 1.165) is 0 Å². The number of rotatable bonds is 2. The van der Waals surface area contributed by atoms with Crippen molar-refractivity contribution in [2.45, 2.75) is 46.2 Å². The van der Waals surface area contributed by atoms with Gasteiger partial charge in [0.15, 0.2) is 5.78 Å². The number of aliphatic carboxylic acids is 1. The Morgan fingerprint density at radius 2 is 1.90 bits per heavy atom. The van der Waals surface area contributed by atoms with Gasteiger partial charge in [-0.25, -0.2) is 9.18 Å². The van der Waals surface area contributed by atoms with Crippen LogP contribution in [0.4, 0.5) is 4.39 Å². The van der Waals surface area contributed by atoms with Crippen molar-refractivity contribution in [1.29, 1.82) is 0 Å². The molecule has 0 aromatic rings. The molecular weight excluding hydrogens is 399 g/mol. The summed E-state index contributed by atoms with van der Waals surface area (Å²) < 4.78 is 15.3. The van der Waals surface area contributed by atoms with E-state index in [1.807, 2.05) is 13.8 Å². The number of hydrogen-bond donors (Lipinski definition) is 1. The molecule has 4 rings (SSSR count). The Hall–Kier alpha value is -1.82. The van der Waals surface area contributed by atoms with Crippen LogP contribution in [0.1, 0.15) is 40.0 Å². The van der Waals surface area contributed by atoms with E-state index in [0.29, 0.717) is 12.0 Å². The largest absolute Gasteiger partial charge is 0.475 e. The quantitative estimate of drug-likeness (QED) is 0.688. The van der Waals surface area contributed by atoms with Gasteiger partial charge in [-0.3, -0.25) is 14.4 Å². The van der Waals surface area contributed by atoms with Crippen molar-refractivity contribution < 1.29 is 28.7 Å². The van der Waals surface area contributed by atoms with Crippen LogP contribution in [0.3, 0.4) is 0 Å². The van der Waals surface area contributed by atoms with E-state index in [4.69, 9.17) is 11.6 Å². The number of carboxylic acids is 1. The summed E-state index contributed by atoms with van der Waals surface area (Å²) in [6.45, 7) is 5.41. The number of hydrogen-bond acceptors (Lipinski definition) is 4. The molecule has 8 atom stereocenters. The van der Waals surface area contributed by atoms with Crippen molar-refractivity contribution in [1.82, 2.24) is 0 Å². The van der Waals surface area contributed by atoms with Gasteiger partial charge in [0.2, 0.25) is 5.78 Å². The molecule has 5 nitrogen and oxygen atoms in total. The van der Waals surface area contributed by atoms with Crippen LogP contribution in [-0.4, -0.2) is 34.6 Å². The first-order valence-electron chi connectivity index (χ1n) is 10.0. The van der Waals surface area contributed by atoms with Gasteiger partial charge in [0.1, 0.15) is 12.0 Å². The molecule has 4 aliphatic carbocycles. The summed E-state index contributed by atoms with van der Waals surface area (Å²) in [6, 6.07) is 0. The molecule has 156 valence electrons. The number of Topliss-reactive ketones (excluding diaryl/α,β-unsaturated/α-hetero) is 2. The molecule has 4 aliphatic rings. The van der Waals surface area contributed by atoms with Crippen LogP contribution in [0.25, 0.3) is 0 Å². The highest BCUT2D eigenvalue weighted by Crippen LogP contribution is 2.66. The Morgan fingerprint density at radius 1 is 1.24 bits per heavy atom. The SMILES string of the molecule is C[C@@H]1C[C@H]2[C@@H]3C[C@H](F)C4=CC(=O)C(Cl)=C[C@]4(C)[C@H]3C(=O)C[C@]2(C)[C@H]1C(=O)C(=O)O. The van der Waals surface area contributed by atoms with Crippen LogP contribution in [0, 0.1) is 40.4 Å². The van der Waals surface area contributed by atoms with E-state index >= 15 is 4.39 Å². The molecule has 0 aromatic heterocycles. The number of ketones is 3. The Bertz CT molecular complexity index is 907. The zero-order valence-electron chi connectivity index (χ0n) is 16.6. The number of allylic oxidation sites excluding steroid dienone is 4. The Labute approximate surface area is 173 Å². The minimum Gasteiger partial charge on any atom is -0.475 e. The van der Waals surface area contributed by atoms with Gasteiger partial charge in [-0.15, -0.1) is 0 Å². The lowest BCUT2D eigenvalue weighted by molar-refractivity contribution is -0.157. The minimum atomic E-state index is -1.48. The summed E-state index contributed by atoms with van der Waals surface area (Å²) in [7, 11) is 0. The number of fused-ring (bicyclic) bond motifs is 5. The monoisotopic (exact) mass is 422 g/mol. The zero-order valence-corrected chi connectivity index (χ0v) is 17.3. The topological polar surface area (TPSA) is 88.5 Å². The van der Waals surface area contributed by atoms with E-state index in [-0.39, 0.29) is 41.4 Å². The predicted molar refractivity (Wildman–Crippen MR) is 103 cm³/mol. The molecular formula is C22H24ClFO5. The van der Waals surface area contributed by atoms with Crippen molar-refractivity contribution in [3.8, 4) is 0 Å². The van der Waals surface area contributed by atoms with Crippen LogP contribution in [0.5, 0.6) is 0 Å². The molecule has 3 saturated carbocycles. The first kappa shape index (κ1) is 20.5. The summed E-state index contributed by atoms with van der Waals surface area (Å²) in [5, 5.41) is 9.29. The van der Waals surface area contributed by atoms with Crippen molar-refractivity contribution in [3.05, 3.63) is 22.8 Å². The molecule has 0 aromatic carbocycles. The molecule has 0 unspecified atom stereocenters. The first-order valence-corrected chi connectivity index (χ1v) is 10.4. The fraction of sp³-hybridized carbons (Fsp3) is 0.636. The molecule has 3 fully saturated rings. The van der Waals surface area contributed by atoms with Gasteiger partial charge in [-0.2, -0.15) is 0 Å². The Kier molecular flexibility index (Phi) is 4.47. The number of alkyl halides is 1. The van der Waals surface area contributed by atoms with E-state index in [1.54, 1.807) is 6.92 Å². The number of carboxylic acid groups (broad SMARTS) is 1. The summed E-state index contributed by atoms with van der Waals surface area (Å²) >= 11 is 6.09. The zero-order chi connectivity index (χ0) is 21.5. The lowest BCUT2D eigenvalue weighted by Gasteiger charge is -2.56. The maximum Gasteiger partial charge on any atom is 0.372 e. The lowest BCUT2D eigenvalue weighted by Crippen LogP contribution is -2.57. The molecule has 0 spiro atoms. The summed E-state index contributed by atoms with van der Waals surface area (Å²) in [4.78, 5) is 49.3. The Morgan fingerprint density at radius 3 is 2.52 bits per heavy atom. The van der Waals surface area contributed by atoms with Gasteiger partial charge < -0.3 is 5.11 Å². The summed E-state index contributed by atoms with van der Waals surface area (Å²) in [6.07, 6.45) is 2.12. The fourth-order valence-corrected chi connectivity index (χ4v) is 7.45. The highest BCUT2D eigenvalue weighted by molar-refractivity contribution is 6.44. The molecule has 7 heteroatoms. The fourth-order valence-electron chi connectivity index (χ4n) is 7.16. The van der Waals surface area contributed by atoms with Crippen LogP contribution < -0.4 is 0 Å². The van der Waals surface area contributed by atoms with Crippen LogP contribution in [0.15, 0.2) is 22.8 Å². The van der Waals surface area contributed by atoms with E-state index < -0.39 is 46.4 Å². The smallest absolute Gasteiger partial charge is 0.372 e. The highest BCUT2D eigenvalue weighted by atomic mass is 35.5. The third kappa shape index (κ3) is 2.64. The number of carbonyl (C=O) groups is 4. The number of halogens is 2. The van der Waals surface area contributed by atoms with Crippen molar-refractivity contribution >= 4 is 34.9 Å². The maximum absolute atomic E-state index is 15.3. The second-order valence-electron chi connectivity index (χ2n) is 9.70. The van der Waals surface area contributed by atoms with Gasteiger partial charge in [-0.1, -0.05) is 38.4 Å². The average Bonchev–Trinajstić information content (AvgIpc) is 2.86. The van der Waals surface area contributed by atoms with Gasteiger partial charge >= 0.3 is 5.97 Å². The molecule has 0 aliphatic heterocycles. The molecule has 0 radical (unpaired) electrons. The molecule has 29 heavy (non-hydrogen) atoms. The number of carbonyl (C=O) groups excluding carboxylic acids is 3. The molecule has 0 heterocycles. The normalized spacial score (nSPS) is 46.2. The van der Waals surface area contributed by atoms with Gasteiger partial charge in [0.25, 0.3) is 0 Å². The third-order valence-corrected chi connectivity index (χ3v) is 8.42. The Balaban J connectivity index is 1.80. The van der Waals surface area contributed by atoms with Crippen LogP contribution in [-0.2, 0) is 19.2 Å². The van der Waals surface area contributed by atoms with Crippen molar-refractivity contribution in [3.63, 3.8) is 0 Å². The van der Waals surface area contributed by atoms with E-state index in [9.17, 15) is 24.3 Å². The second-order valence-corrected chi connectivity index (χ2v) is 10.1. The predicted octanol–water partition coefficient (Wildman–Crippen LogP) is 3.50. The van der Waals surface area contributed by atoms with E-state index in [2.05, 4.69) is 0 Å². The minimum absolute atomic E-state index is 0.0102. The standard InChI is InChI=1S/C22H24ClFO5/c1-9-4-11-10-5-14(24)12-6-15(25)13(23)7-21(12,2)18(10)16(26)8-22(11,3)17(9)19(27)20(28)29/h6-7,9-11,14,17-18H,4-5,8H2,1-3H3,(H,28,29)/t9-,10+,11+,14+,17-,18-,21+,22+/m1/s1. The average molecular weight is 423 g/mol. The van der Waals surface area contributed by atoms with Crippen LogP contribution in [0.2, 0.25) is 0 Å². The van der Waals surface area contributed by atoms with Gasteiger partial charge in [0, 0.05) is 23.7 Å². The van der Waals surface area contributed by atoms with E-state index in [1.165, 1.54) is 12.2 Å².